The third-order valence-corrected chi connectivity index (χ3v) is 2.45. The molecule has 0 heterocycles. The second kappa shape index (κ2) is 5.00. The highest BCUT2D eigenvalue weighted by atomic mass is 19.2. The molecule has 94 valence electrons. The predicted molar refractivity (Wildman–Crippen MR) is 61.7 cm³/mol. The van der Waals surface area contributed by atoms with Crippen LogP contribution in [-0.4, -0.2) is 5.11 Å². The molecule has 0 aliphatic heterocycles. The van der Waals surface area contributed by atoms with Crippen LogP contribution in [-0.2, 0) is 6.54 Å². The highest BCUT2D eigenvalue weighted by Crippen LogP contribution is 2.20. The average molecular weight is 253 g/mol. The molecular formula is C13H10F3NO. The number of hydrogen-bond donors (Lipinski definition) is 2. The summed E-state index contributed by atoms with van der Waals surface area (Å²) in [7, 11) is 0. The molecule has 2 aromatic carbocycles. The van der Waals surface area contributed by atoms with Crippen molar-refractivity contribution in [3.8, 4) is 5.75 Å². The molecule has 0 fully saturated rings. The van der Waals surface area contributed by atoms with E-state index in [0.717, 1.165) is 17.7 Å². The lowest BCUT2D eigenvalue weighted by molar-refractivity contribution is 0.449. The molecule has 0 radical (unpaired) electrons. The molecular weight excluding hydrogens is 243 g/mol. The molecule has 0 amide bonds. The van der Waals surface area contributed by atoms with E-state index < -0.39 is 17.5 Å². The summed E-state index contributed by atoms with van der Waals surface area (Å²) in [5.41, 5.74) is 0.666. The van der Waals surface area contributed by atoms with Gasteiger partial charge in [0, 0.05) is 6.54 Å². The first-order valence-corrected chi connectivity index (χ1v) is 5.23. The van der Waals surface area contributed by atoms with Gasteiger partial charge in [0.1, 0.15) is 5.75 Å². The van der Waals surface area contributed by atoms with Crippen molar-refractivity contribution in [2.75, 3.05) is 5.32 Å². The van der Waals surface area contributed by atoms with Gasteiger partial charge in [0.2, 0.25) is 0 Å². The molecule has 0 atom stereocenters. The first kappa shape index (κ1) is 12.3. The highest BCUT2D eigenvalue weighted by Gasteiger charge is 2.12. The Morgan fingerprint density at radius 2 is 1.56 bits per heavy atom. The van der Waals surface area contributed by atoms with Gasteiger partial charge in [0.25, 0.3) is 0 Å². The van der Waals surface area contributed by atoms with E-state index in [9.17, 15) is 13.2 Å². The summed E-state index contributed by atoms with van der Waals surface area (Å²) in [5, 5.41) is 11.7. The van der Waals surface area contributed by atoms with E-state index in [-0.39, 0.29) is 18.0 Å². The monoisotopic (exact) mass is 253 g/mol. The van der Waals surface area contributed by atoms with Crippen LogP contribution in [0, 0.1) is 17.5 Å². The summed E-state index contributed by atoms with van der Waals surface area (Å²) in [6, 6.07) is 8.24. The summed E-state index contributed by atoms with van der Waals surface area (Å²) in [5.74, 6) is -3.83. The van der Waals surface area contributed by atoms with E-state index in [0.29, 0.717) is 0 Å². The fraction of sp³-hybridized carbons (Fsp3) is 0.0769. The van der Waals surface area contributed by atoms with Gasteiger partial charge in [-0.05, 0) is 29.8 Å². The molecule has 0 bridgehead atoms. The average Bonchev–Trinajstić information content (AvgIpc) is 2.37. The molecule has 5 heteroatoms. The van der Waals surface area contributed by atoms with Crippen LogP contribution in [0.25, 0.3) is 0 Å². The molecule has 0 saturated carbocycles. The van der Waals surface area contributed by atoms with Gasteiger partial charge in [-0.15, -0.1) is 0 Å². The van der Waals surface area contributed by atoms with Crippen LogP contribution in [0.4, 0.5) is 18.9 Å². The SMILES string of the molecule is Oc1ccc(CNc2ccc(F)c(F)c2F)cc1. The highest BCUT2D eigenvalue weighted by molar-refractivity contribution is 5.46. The van der Waals surface area contributed by atoms with Gasteiger partial charge in [-0.2, -0.15) is 0 Å². The number of phenols is 1. The van der Waals surface area contributed by atoms with Gasteiger partial charge >= 0.3 is 0 Å². The second-order valence-corrected chi connectivity index (χ2v) is 3.74. The zero-order valence-electron chi connectivity index (χ0n) is 9.25. The Hall–Kier alpha value is -2.17. The molecule has 18 heavy (non-hydrogen) atoms. The lowest BCUT2D eigenvalue weighted by atomic mass is 10.2. The molecule has 0 aliphatic carbocycles. The van der Waals surface area contributed by atoms with Crippen LogP contribution in [0.3, 0.4) is 0 Å². The lowest BCUT2D eigenvalue weighted by Gasteiger charge is -2.08. The minimum atomic E-state index is -1.49. The van der Waals surface area contributed by atoms with Crippen LogP contribution >= 0.6 is 0 Å². The number of hydrogen-bond acceptors (Lipinski definition) is 2. The zero-order chi connectivity index (χ0) is 13.1. The van der Waals surface area contributed by atoms with Crippen molar-refractivity contribution in [1.82, 2.24) is 0 Å². The first-order valence-electron chi connectivity index (χ1n) is 5.23. The number of aromatic hydroxyl groups is 1. The van der Waals surface area contributed by atoms with Crippen LogP contribution in [0.1, 0.15) is 5.56 Å². The van der Waals surface area contributed by atoms with Gasteiger partial charge in [0.05, 0.1) is 5.69 Å². The van der Waals surface area contributed by atoms with E-state index in [2.05, 4.69) is 5.32 Å². The van der Waals surface area contributed by atoms with Crippen molar-refractivity contribution in [1.29, 1.82) is 0 Å². The maximum absolute atomic E-state index is 13.3. The smallest absolute Gasteiger partial charge is 0.196 e. The van der Waals surface area contributed by atoms with Crippen LogP contribution in [0.15, 0.2) is 36.4 Å². The lowest BCUT2D eigenvalue weighted by Crippen LogP contribution is -2.03. The summed E-state index contributed by atoms with van der Waals surface area (Å²) < 4.78 is 39.0. The third-order valence-electron chi connectivity index (χ3n) is 2.45. The van der Waals surface area contributed by atoms with Crippen LogP contribution in [0.2, 0.25) is 0 Å². The topological polar surface area (TPSA) is 32.3 Å². The van der Waals surface area contributed by atoms with E-state index in [1.54, 1.807) is 12.1 Å². The number of phenolic OH excluding ortho intramolecular Hbond substituents is 1. The van der Waals surface area contributed by atoms with Crippen molar-refractivity contribution in [2.45, 2.75) is 6.54 Å². The van der Waals surface area contributed by atoms with E-state index in [4.69, 9.17) is 5.11 Å². The quantitative estimate of drug-likeness (QED) is 0.821. The Labute approximate surface area is 102 Å². The molecule has 2 N–H and O–H groups in total. The van der Waals surface area contributed by atoms with Crippen molar-refractivity contribution in [2.24, 2.45) is 0 Å². The molecule has 0 aromatic heterocycles. The number of nitrogens with one attached hydrogen (secondary N) is 1. The zero-order valence-corrected chi connectivity index (χ0v) is 9.25. The van der Waals surface area contributed by atoms with Crippen LogP contribution in [0.5, 0.6) is 5.75 Å². The Morgan fingerprint density at radius 3 is 2.22 bits per heavy atom. The fourth-order valence-corrected chi connectivity index (χ4v) is 1.47. The van der Waals surface area contributed by atoms with Crippen LogP contribution < -0.4 is 5.32 Å². The summed E-state index contributed by atoms with van der Waals surface area (Å²) in [6.07, 6.45) is 0. The minimum absolute atomic E-state index is 0.109. The molecule has 0 spiro atoms. The van der Waals surface area contributed by atoms with Gasteiger partial charge in [-0.25, -0.2) is 13.2 Å². The van der Waals surface area contributed by atoms with E-state index >= 15 is 0 Å². The Bertz CT molecular complexity index is 555. The van der Waals surface area contributed by atoms with E-state index in [1.165, 1.54) is 12.1 Å². The van der Waals surface area contributed by atoms with Crippen molar-refractivity contribution >= 4 is 5.69 Å². The third kappa shape index (κ3) is 2.56. The fourth-order valence-electron chi connectivity index (χ4n) is 1.47. The maximum Gasteiger partial charge on any atom is 0.196 e. The summed E-state index contributed by atoms with van der Waals surface area (Å²) in [6.45, 7) is 0.238. The van der Waals surface area contributed by atoms with Crippen molar-refractivity contribution < 1.29 is 18.3 Å². The van der Waals surface area contributed by atoms with Gasteiger partial charge < -0.3 is 10.4 Å². The van der Waals surface area contributed by atoms with Crippen molar-refractivity contribution in [3.63, 3.8) is 0 Å². The standard InChI is InChI=1S/C13H10F3NO/c14-10-5-6-11(13(16)12(10)15)17-7-8-1-3-9(18)4-2-8/h1-6,17-18H,7H2. The molecule has 0 saturated heterocycles. The molecule has 2 rings (SSSR count). The maximum atomic E-state index is 13.3. The minimum Gasteiger partial charge on any atom is -0.508 e. The number of anilines is 1. The van der Waals surface area contributed by atoms with Gasteiger partial charge in [-0.1, -0.05) is 12.1 Å². The number of benzene rings is 2. The molecule has 0 unspecified atom stereocenters. The normalized spacial score (nSPS) is 10.4. The predicted octanol–water partition coefficient (Wildman–Crippen LogP) is 3.42. The Kier molecular flexibility index (Phi) is 3.41. The number of rotatable bonds is 3. The summed E-state index contributed by atoms with van der Waals surface area (Å²) >= 11 is 0. The molecule has 2 aromatic rings. The Balaban J connectivity index is 2.11. The van der Waals surface area contributed by atoms with E-state index in [1.807, 2.05) is 0 Å². The largest absolute Gasteiger partial charge is 0.508 e. The van der Waals surface area contributed by atoms with Gasteiger partial charge in [0.15, 0.2) is 17.5 Å². The van der Waals surface area contributed by atoms with Crippen molar-refractivity contribution in [3.05, 3.63) is 59.4 Å². The molecule has 0 aliphatic rings. The Morgan fingerprint density at radius 1 is 0.889 bits per heavy atom. The summed E-state index contributed by atoms with van der Waals surface area (Å²) in [4.78, 5) is 0. The molecule has 2 nitrogen and oxygen atoms in total. The number of halogens is 3. The first-order chi connectivity index (χ1) is 8.58. The van der Waals surface area contributed by atoms with Gasteiger partial charge in [-0.3, -0.25) is 0 Å². The second-order valence-electron chi connectivity index (χ2n) is 3.74.